The van der Waals surface area contributed by atoms with Crippen molar-refractivity contribution in [2.45, 2.75) is 51.9 Å². The number of hydrogen-bond donors (Lipinski definition) is 2. The van der Waals surface area contributed by atoms with E-state index in [2.05, 4.69) is 36.9 Å². The molecule has 0 aliphatic carbocycles. The molecule has 0 saturated heterocycles. The maximum absolute atomic E-state index is 12.4. The maximum Gasteiger partial charge on any atom is 0.257 e. The molecule has 0 radical (unpaired) electrons. The summed E-state index contributed by atoms with van der Waals surface area (Å²) >= 11 is 0. The SMILES string of the molecule is Cc1ccc(OCC(=O)NCCNS(=O)(=O)c2ccc(C)c(C)c2)c(C(C)(C)C)c1. The van der Waals surface area contributed by atoms with E-state index in [0.717, 1.165) is 22.3 Å². The molecule has 0 atom stereocenters. The van der Waals surface area contributed by atoms with Crippen LogP contribution in [0.1, 0.15) is 43.0 Å². The quantitative estimate of drug-likeness (QED) is 0.627. The lowest BCUT2D eigenvalue weighted by atomic mass is 9.85. The van der Waals surface area contributed by atoms with Gasteiger partial charge in [0.05, 0.1) is 4.90 Å². The molecule has 0 aliphatic rings. The predicted octanol–water partition coefficient (Wildman–Crippen LogP) is 3.38. The van der Waals surface area contributed by atoms with Gasteiger partial charge in [-0.1, -0.05) is 44.5 Å². The van der Waals surface area contributed by atoms with Crippen molar-refractivity contribution in [3.63, 3.8) is 0 Å². The Morgan fingerprint density at radius 1 is 0.967 bits per heavy atom. The summed E-state index contributed by atoms with van der Waals surface area (Å²) in [4.78, 5) is 12.3. The van der Waals surface area contributed by atoms with E-state index < -0.39 is 10.0 Å². The number of benzene rings is 2. The summed E-state index contributed by atoms with van der Waals surface area (Å²) in [6, 6.07) is 10.9. The second kappa shape index (κ2) is 9.62. The van der Waals surface area contributed by atoms with Crippen LogP contribution in [-0.4, -0.2) is 34.0 Å². The molecule has 2 rings (SSSR count). The van der Waals surface area contributed by atoms with Gasteiger partial charge < -0.3 is 10.1 Å². The second-order valence-corrected chi connectivity index (χ2v) is 10.3. The summed E-state index contributed by atoms with van der Waals surface area (Å²) in [5.41, 5.74) is 4.01. The highest BCUT2D eigenvalue weighted by Crippen LogP contribution is 2.32. The molecule has 0 fully saturated rings. The third-order valence-electron chi connectivity index (χ3n) is 4.83. The number of rotatable bonds is 8. The molecule has 0 bridgehead atoms. The van der Waals surface area contributed by atoms with Gasteiger partial charge in [-0.3, -0.25) is 4.79 Å². The summed E-state index contributed by atoms with van der Waals surface area (Å²) < 4.78 is 32.9. The molecule has 0 aromatic heterocycles. The smallest absolute Gasteiger partial charge is 0.257 e. The van der Waals surface area contributed by atoms with E-state index in [4.69, 9.17) is 4.74 Å². The van der Waals surface area contributed by atoms with Crippen molar-refractivity contribution in [3.8, 4) is 5.75 Å². The molecule has 0 aliphatic heterocycles. The highest BCUT2D eigenvalue weighted by Gasteiger charge is 2.20. The van der Waals surface area contributed by atoms with Gasteiger partial charge in [-0.2, -0.15) is 0 Å². The van der Waals surface area contributed by atoms with Crippen molar-refractivity contribution < 1.29 is 17.9 Å². The Hall–Kier alpha value is -2.38. The molecule has 0 unspecified atom stereocenters. The number of carbonyl (C=O) groups excluding carboxylic acids is 1. The molecule has 2 aromatic rings. The molecule has 2 N–H and O–H groups in total. The van der Waals surface area contributed by atoms with Crippen LogP contribution in [0.15, 0.2) is 41.3 Å². The lowest BCUT2D eigenvalue weighted by Gasteiger charge is -2.23. The molecular weight excluding hydrogens is 400 g/mol. The van der Waals surface area contributed by atoms with Crippen LogP contribution in [0.4, 0.5) is 0 Å². The third-order valence-corrected chi connectivity index (χ3v) is 6.29. The number of hydrogen-bond acceptors (Lipinski definition) is 4. The van der Waals surface area contributed by atoms with Crippen LogP contribution in [0, 0.1) is 20.8 Å². The first-order valence-electron chi connectivity index (χ1n) is 9.98. The fourth-order valence-electron chi connectivity index (χ4n) is 2.90. The Morgan fingerprint density at radius 3 is 2.30 bits per heavy atom. The summed E-state index contributed by atoms with van der Waals surface area (Å²) in [6.45, 7) is 12.2. The molecule has 30 heavy (non-hydrogen) atoms. The standard InChI is InChI=1S/C23H32N2O4S/c1-16-7-10-21(20(13-16)23(4,5)6)29-15-22(26)24-11-12-25-30(27,28)19-9-8-17(2)18(3)14-19/h7-10,13-14,25H,11-12,15H2,1-6H3,(H,24,26). The normalized spacial score (nSPS) is 11.9. The van der Waals surface area contributed by atoms with E-state index >= 15 is 0 Å². The van der Waals surface area contributed by atoms with E-state index in [1.165, 1.54) is 0 Å². The number of ether oxygens (including phenoxy) is 1. The number of sulfonamides is 1. The fraction of sp³-hybridized carbons (Fsp3) is 0.435. The Labute approximate surface area is 180 Å². The average Bonchev–Trinajstić information content (AvgIpc) is 2.65. The number of carbonyl (C=O) groups is 1. The summed E-state index contributed by atoms with van der Waals surface area (Å²) in [5, 5.41) is 2.68. The van der Waals surface area contributed by atoms with E-state index in [1.807, 2.05) is 32.9 Å². The summed E-state index contributed by atoms with van der Waals surface area (Å²) in [6.07, 6.45) is 0. The minimum absolute atomic E-state index is 0.0960. The van der Waals surface area contributed by atoms with Crippen LogP contribution in [-0.2, 0) is 20.2 Å². The van der Waals surface area contributed by atoms with Crippen molar-refractivity contribution in [2.24, 2.45) is 0 Å². The first-order valence-corrected chi connectivity index (χ1v) is 11.5. The minimum Gasteiger partial charge on any atom is -0.483 e. The maximum atomic E-state index is 12.4. The van der Waals surface area contributed by atoms with Crippen molar-refractivity contribution in [1.82, 2.24) is 10.0 Å². The third kappa shape index (κ3) is 6.57. The molecule has 7 heteroatoms. The van der Waals surface area contributed by atoms with Crippen LogP contribution >= 0.6 is 0 Å². The Morgan fingerprint density at radius 2 is 1.67 bits per heavy atom. The number of nitrogens with one attached hydrogen (secondary N) is 2. The molecule has 6 nitrogen and oxygen atoms in total. The molecule has 0 spiro atoms. The van der Waals surface area contributed by atoms with Gasteiger partial charge in [-0.15, -0.1) is 0 Å². The van der Waals surface area contributed by atoms with Crippen LogP contribution in [0.25, 0.3) is 0 Å². The van der Waals surface area contributed by atoms with Crippen molar-refractivity contribution in [1.29, 1.82) is 0 Å². The van der Waals surface area contributed by atoms with E-state index in [0.29, 0.717) is 5.75 Å². The van der Waals surface area contributed by atoms with Crippen molar-refractivity contribution >= 4 is 15.9 Å². The topological polar surface area (TPSA) is 84.5 Å². The van der Waals surface area contributed by atoms with Crippen molar-refractivity contribution in [3.05, 3.63) is 58.7 Å². The van der Waals surface area contributed by atoms with Crippen LogP contribution in [0.3, 0.4) is 0 Å². The predicted molar refractivity (Wildman–Crippen MR) is 119 cm³/mol. The van der Waals surface area contributed by atoms with Gasteiger partial charge >= 0.3 is 0 Å². The summed E-state index contributed by atoms with van der Waals surface area (Å²) in [5.74, 6) is 0.375. The lowest BCUT2D eigenvalue weighted by Crippen LogP contribution is -2.37. The first kappa shape index (κ1) is 23.9. The van der Waals surface area contributed by atoms with Crippen LogP contribution in [0.5, 0.6) is 5.75 Å². The highest BCUT2D eigenvalue weighted by atomic mass is 32.2. The Bertz CT molecular complexity index is 1010. The van der Waals surface area contributed by atoms with Gasteiger partial charge in [0, 0.05) is 13.1 Å². The zero-order valence-electron chi connectivity index (χ0n) is 18.6. The van der Waals surface area contributed by atoms with Crippen LogP contribution in [0.2, 0.25) is 0 Å². The number of aryl methyl sites for hydroxylation is 3. The molecule has 0 saturated carbocycles. The van der Waals surface area contributed by atoms with E-state index in [-0.39, 0.29) is 35.9 Å². The van der Waals surface area contributed by atoms with Gasteiger partial charge in [-0.25, -0.2) is 13.1 Å². The molecule has 164 valence electrons. The van der Waals surface area contributed by atoms with Gasteiger partial charge in [0.1, 0.15) is 5.75 Å². The second-order valence-electron chi connectivity index (χ2n) is 8.53. The molecule has 0 heterocycles. The zero-order chi connectivity index (χ0) is 22.5. The minimum atomic E-state index is -3.61. The zero-order valence-corrected chi connectivity index (χ0v) is 19.4. The lowest BCUT2D eigenvalue weighted by molar-refractivity contribution is -0.123. The van der Waals surface area contributed by atoms with Gasteiger partial charge in [0.25, 0.3) is 5.91 Å². The monoisotopic (exact) mass is 432 g/mol. The first-order chi connectivity index (χ1) is 13.9. The highest BCUT2D eigenvalue weighted by molar-refractivity contribution is 7.89. The van der Waals surface area contributed by atoms with E-state index in [1.54, 1.807) is 18.2 Å². The Kier molecular flexibility index (Phi) is 7.66. The molecule has 1 amide bonds. The molecular formula is C23H32N2O4S. The van der Waals surface area contributed by atoms with Crippen molar-refractivity contribution in [2.75, 3.05) is 19.7 Å². The van der Waals surface area contributed by atoms with Crippen LogP contribution < -0.4 is 14.8 Å². The Balaban J connectivity index is 1.84. The van der Waals surface area contributed by atoms with Gasteiger partial charge in [0.15, 0.2) is 6.61 Å². The van der Waals surface area contributed by atoms with Gasteiger partial charge in [0.2, 0.25) is 10.0 Å². The average molecular weight is 433 g/mol. The largest absolute Gasteiger partial charge is 0.483 e. The summed E-state index contributed by atoms with van der Waals surface area (Å²) in [7, 11) is -3.61. The number of amides is 1. The molecule has 2 aromatic carbocycles. The van der Waals surface area contributed by atoms with E-state index in [9.17, 15) is 13.2 Å². The fourth-order valence-corrected chi connectivity index (χ4v) is 4.02. The van der Waals surface area contributed by atoms with Gasteiger partial charge in [-0.05, 0) is 61.1 Å².